The van der Waals surface area contributed by atoms with Gasteiger partial charge in [0, 0.05) is 12.6 Å². The van der Waals surface area contributed by atoms with Crippen molar-refractivity contribution in [2.75, 3.05) is 6.54 Å². The Balaban J connectivity index is 1.93. The molecule has 2 unspecified atom stereocenters. The molecule has 3 aliphatic heterocycles. The van der Waals surface area contributed by atoms with E-state index in [1.807, 2.05) is 6.26 Å². The minimum Gasteiger partial charge on any atom is -0.479 e. The van der Waals surface area contributed by atoms with Gasteiger partial charge in [-0.1, -0.05) is 6.42 Å². The zero-order valence-electron chi connectivity index (χ0n) is 7.07. The SMILES string of the molecule is C1=CC2=CC(O1)N1CCCCC21. The van der Waals surface area contributed by atoms with E-state index in [9.17, 15) is 0 Å². The third-order valence-electron chi connectivity index (χ3n) is 3.07. The highest BCUT2D eigenvalue weighted by Gasteiger charge is 2.37. The molecule has 0 radical (unpaired) electrons. The van der Waals surface area contributed by atoms with Crippen LogP contribution in [0, 0.1) is 0 Å². The van der Waals surface area contributed by atoms with Gasteiger partial charge in [-0.25, -0.2) is 0 Å². The molecule has 3 aliphatic rings. The number of rotatable bonds is 0. The Labute approximate surface area is 72.5 Å². The molecule has 3 heterocycles. The first-order valence-electron chi connectivity index (χ1n) is 4.74. The summed E-state index contributed by atoms with van der Waals surface area (Å²) in [6.07, 6.45) is 10.5. The van der Waals surface area contributed by atoms with Crippen LogP contribution < -0.4 is 0 Å². The number of hydrogen-bond donors (Lipinski definition) is 0. The lowest BCUT2D eigenvalue weighted by Crippen LogP contribution is -2.41. The number of piperidine rings is 1. The molecular weight excluding hydrogens is 150 g/mol. The predicted molar refractivity (Wildman–Crippen MR) is 46.4 cm³/mol. The Kier molecular flexibility index (Phi) is 1.32. The molecule has 0 spiro atoms. The number of hydrogen-bond acceptors (Lipinski definition) is 2. The van der Waals surface area contributed by atoms with Gasteiger partial charge >= 0.3 is 0 Å². The summed E-state index contributed by atoms with van der Waals surface area (Å²) in [6.45, 7) is 1.21. The maximum atomic E-state index is 5.51. The maximum Gasteiger partial charge on any atom is 0.172 e. The highest BCUT2D eigenvalue weighted by Crippen LogP contribution is 2.34. The highest BCUT2D eigenvalue weighted by atomic mass is 16.5. The molecule has 0 saturated carbocycles. The molecular formula is C10H13NO. The van der Waals surface area contributed by atoms with Crippen LogP contribution in [-0.4, -0.2) is 23.7 Å². The normalized spacial score (nSPS) is 38.8. The largest absolute Gasteiger partial charge is 0.479 e. The van der Waals surface area contributed by atoms with Gasteiger partial charge in [0.2, 0.25) is 0 Å². The molecule has 3 rings (SSSR count). The number of nitrogens with zero attached hydrogens (tertiary/aromatic N) is 1. The minimum absolute atomic E-state index is 0.260. The van der Waals surface area contributed by atoms with E-state index in [-0.39, 0.29) is 6.23 Å². The van der Waals surface area contributed by atoms with E-state index in [0.29, 0.717) is 6.04 Å². The average molecular weight is 163 g/mol. The van der Waals surface area contributed by atoms with E-state index >= 15 is 0 Å². The van der Waals surface area contributed by atoms with Crippen LogP contribution in [0.5, 0.6) is 0 Å². The van der Waals surface area contributed by atoms with E-state index in [4.69, 9.17) is 4.74 Å². The summed E-state index contributed by atoms with van der Waals surface area (Å²) in [5, 5.41) is 0. The van der Waals surface area contributed by atoms with Crippen molar-refractivity contribution in [3.63, 3.8) is 0 Å². The standard InChI is InChI=1S/C10H13NO/c1-2-5-11-9(3-1)8-4-6-12-10(11)7-8/h4,6-7,9-10H,1-3,5H2. The Morgan fingerprint density at radius 2 is 2.42 bits per heavy atom. The molecule has 0 aliphatic carbocycles. The summed E-state index contributed by atoms with van der Waals surface area (Å²) in [5.74, 6) is 0. The molecule has 12 heavy (non-hydrogen) atoms. The summed E-state index contributed by atoms with van der Waals surface area (Å²) >= 11 is 0. The van der Waals surface area contributed by atoms with Gasteiger partial charge in [0.15, 0.2) is 6.23 Å². The van der Waals surface area contributed by atoms with Gasteiger partial charge in [0.1, 0.15) is 0 Å². The van der Waals surface area contributed by atoms with Gasteiger partial charge in [-0.3, -0.25) is 4.90 Å². The number of ether oxygens (including phenoxy) is 1. The Morgan fingerprint density at radius 1 is 1.42 bits per heavy atom. The summed E-state index contributed by atoms with van der Waals surface area (Å²) in [7, 11) is 0. The van der Waals surface area contributed by atoms with Gasteiger partial charge in [0.25, 0.3) is 0 Å². The van der Waals surface area contributed by atoms with Crippen LogP contribution in [0.25, 0.3) is 0 Å². The van der Waals surface area contributed by atoms with E-state index in [1.54, 1.807) is 0 Å². The van der Waals surface area contributed by atoms with Crippen LogP contribution in [0.15, 0.2) is 24.0 Å². The van der Waals surface area contributed by atoms with E-state index in [0.717, 1.165) is 0 Å². The molecule has 2 heteroatoms. The summed E-state index contributed by atoms with van der Waals surface area (Å²) < 4.78 is 5.51. The van der Waals surface area contributed by atoms with Crippen molar-refractivity contribution >= 4 is 0 Å². The molecule has 0 aromatic rings. The third-order valence-corrected chi connectivity index (χ3v) is 3.07. The smallest absolute Gasteiger partial charge is 0.172 e. The molecule has 1 fully saturated rings. The van der Waals surface area contributed by atoms with Gasteiger partial charge in [0.05, 0.1) is 6.26 Å². The molecule has 0 aromatic carbocycles. The molecule has 1 saturated heterocycles. The second-order valence-corrected chi connectivity index (χ2v) is 3.75. The molecule has 0 aromatic heterocycles. The van der Waals surface area contributed by atoms with E-state index in [2.05, 4.69) is 17.1 Å². The van der Waals surface area contributed by atoms with E-state index in [1.165, 1.54) is 31.4 Å². The fourth-order valence-electron chi connectivity index (χ4n) is 2.47. The van der Waals surface area contributed by atoms with Crippen molar-refractivity contribution in [1.29, 1.82) is 0 Å². The second-order valence-electron chi connectivity index (χ2n) is 3.75. The van der Waals surface area contributed by atoms with Crippen molar-refractivity contribution in [1.82, 2.24) is 4.90 Å². The Bertz CT molecular complexity index is 257. The lowest BCUT2D eigenvalue weighted by Gasteiger charge is -2.32. The molecule has 0 N–H and O–H groups in total. The first-order valence-corrected chi connectivity index (χ1v) is 4.74. The predicted octanol–water partition coefficient (Wildman–Crippen LogP) is 1.65. The molecule has 2 bridgehead atoms. The molecule has 64 valence electrons. The van der Waals surface area contributed by atoms with Crippen LogP contribution in [0.3, 0.4) is 0 Å². The van der Waals surface area contributed by atoms with Crippen molar-refractivity contribution < 1.29 is 4.74 Å². The van der Waals surface area contributed by atoms with Crippen molar-refractivity contribution in [3.8, 4) is 0 Å². The fraction of sp³-hybridized carbons (Fsp3) is 0.600. The summed E-state index contributed by atoms with van der Waals surface area (Å²) in [5.41, 5.74) is 1.48. The van der Waals surface area contributed by atoms with Crippen LogP contribution in [0.2, 0.25) is 0 Å². The van der Waals surface area contributed by atoms with E-state index < -0.39 is 0 Å². The van der Waals surface area contributed by atoms with Crippen LogP contribution in [-0.2, 0) is 4.74 Å². The van der Waals surface area contributed by atoms with Gasteiger partial charge in [-0.15, -0.1) is 0 Å². The van der Waals surface area contributed by atoms with Crippen molar-refractivity contribution in [3.05, 3.63) is 24.0 Å². The summed E-state index contributed by atoms with van der Waals surface area (Å²) in [6, 6.07) is 0.669. The Hall–Kier alpha value is -0.760. The lowest BCUT2D eigenvalue weighted by atomic mass is 9.99. The zero-order chi connectivity index (χ0) is 7.97. The second kappa shape index (κ2) is 2.36. The van der Waals surface area contributed by atoms with Crippen molar-refractivity contribution in [2.45, 2.75) is 31.5 Å². The lowest BCUT2D eigenvalue weighted by molar-refractivity contribution is 0.0122. The topological polar surface area (TPSA) is 12.5 Å². The highest BCUT2D eigenvalue weighted by molar-refractivity contribution is 5.33. The molecule has 0 amide bonds. The van der Waals surface area contributed by atoms with Crippen molar-refractivity contribution in [2.24, 2.45) is 0 Å². The minimum atomic E-state index is 0.260. The maximum absolute atomic E-state index is 5.51. The number of fused-ring (bicyclic) bond motifs is 4. The van der Waals surface area contributed by atoms with Crippen LogP contribution in [0.1, 0.15) is 19.3 Å². The first kappa shape index (κ1) is 6.72. The quantitative estimate of drug-likeness (QED) is 0.538. The Morgan fingerprint density at radius 3 is 3.42 bits per heavy atom. The van der Waals surface area contributed by atoms with Gasteiger partial charge in [-0.05, 0) is 30.6 Å². The first-order chi connectivity index (χ1) is 5.95. The van der Waals surface area contributed by atoms with Gasteiger partial charge in [-0.2, -0.15) is 0 Å². The average Bonchev–Trinajstić information content (AvgIpc) is 2.41. The molecule has 2 atom stereocenters. The van der Waals surface area contributed by atoms with Crippen LogP contribution >= 0.6 is 0 Å². The fourth-order valence-corrected chi connectivity index (χ4v) is 2.47. The third kappa shape index (κ3) is 0.787. The zero-order valence-corrected chi connectivity index (χ0v) is 7.07. The van der Waals surface area contributed by atoms with Gasteiger partial charge < -0.3 is 4.74 Å². The summed E-state index contributed by atoms with van der Waals surface area (Å²) in [4.78, 5) is 2.47. The molecule has 2 nitrogen and oxygen atoms in total. The van der Waals surface area contributed by atoms with Crippen LogP contribution in [0.4, 0.5) is 0 Å². The monoisotopic (exact) mass is 163 g/mol.